The SMILES string of the molecule is C/C(=C\c1cccc(O)c1)CC[C@H]1OC[C@H]2C1=C(CO[Si](c1ccccc1)(c1ccccc1)C(C)(C)C)C[C@H]1C(=O)N(c3ccc(Nc4ccccc4)cc3)C(=O)[C@H]12. The lowest BCUT2D eigenvalue weighted by Crippen LogP contribution is -2.66. The van der Waals surface area contributed by atoms with Crippen molar-refractivity contribution in [2.45, 2.75) is 58.1 Å². The molecule has 296 valence electrons. The molecule has 0 saturated carbocycles. The topological polar surface area (TPSA) is 88.1 Å². The lowest BCUT2D eigenvalue weighted by atomic mass is 9.69. The number of anilines is 3. The first-order valence-electron chi connectivity index (χ1n) is 20.4. The Kier molecular flexibility index (Phi) is 11.1. The molecular formula is C50H52N2O5Si. The zero-order valence-corrected chi connectivity index (χ0v) is 34.7. The van der Waals surface area contributed by atoms with Gasteiger partial charge in [-0.05, 0) is 107 Å². The van der Waals surface area contributed by atoms with Gasteiger partial charge in [-0.25, -0.2) is 0 Å². The van der Waals surface area contributed by atoms with E-state index in [1.165, 1.54) is 20.8 Å². The summed E-state index contributed by atoms with van der Waals surface area (Å²) in [5.74, 6) is -1.31. The number of nitrogens with zero attached hydrogens (tertiary/aromatic N) is 1. The molecule has 0 radical (unpaired) electrons. The van der Waals surface area contributed by atoms with Crippen molar-refractivity contribution in [1.29, 1.82) is 0 Å². The van der Waals surface area contributed by atoms with E-state index in [0.717, 1.165) is 40.9 Å². The van der Waals surface area contributed by atoms with Crippen molar-refractivity contribution in [3.8, 4) is 5.75 Å². The number of rotatable bonds is 12. The fourth-order valence-electron chi connectivity index (χ4n) is 9.53. The molecule has 8 rings (SSSR count). The summed E-state index contributed by atoms with van der Waals surface area (Å²) in [4.78, 5) is 30.5. The Morgan fingerprint density at radius 2 is 1.43 bits per heavy atom. The number of carbonyl (C=O) groups excluding carboxylic acids is 2. The number of benzene rings is 5. The van der Waals surface area contributed by atoms with E-state index in [4.69, 9.17) is 9.16 Å². The molecule has 2 N–H and O–H groups in total. The number of hydrogen-bond acceptors (Lipinski definition) is 6. The zero-order chi connectivity index (χ0) is 40.4. The van der Waals surface area contributed by atoms with E-state index in [2.05, 4.69) is 87.6 Å². The van der Waals surface area contributed by atoms with Gasteiger partial charge in [0.15, 0.2) is 0 Å². The largest absolute Gasteiger partial charge is 0.508 e. The number of fused-ring (bicyclic) bond motifs is 3. The van der Waals surface area contributed by atoms with Crippen LogP contribution in [0.25, 0.3) is 6.08 Å². The molecule has 58 heavy (non-hydrogen) atoms. The van der Waals surface area contributed by atoms with Crippen LogP contribution in [0.15, 0.2) is 156 Å². The highest BCUT2D eigenvalue weighted by Gasteiger charge is 2.58. The van der Waals surface area contributed by atoms with Crippen molar-refractivity contribution < 1.29 is 23.9 Å². The minimum Gasteiger partial charge on any atom is -0.508 e. The number of imide groups is 1. The van der Waals surface area contributed by atoms with Crippen LogP contribution in [0.2, 0.25) is 5.04 Å². The second kappa shape index (κ2) is 16.4. The zero-order valence-electron chi connectivity index (χ0n) is 33.7. The monoisotopic (exact) mass is 788 g/mol. The molecule has 2 aliphatic heterocycles. The first-order valence-corrected chi connectivity index (χ1v) is 22.3. The van der Waals surface area contributed by atoms with Crippen molar-refractivity contribution in [3.63, 3.8) is 0 Å². The fraction of sp³-hybridized carbons (Fsp3) is 0.280. The van der Waals surface area contributed by atoms with Gasteiger partial charge in [0.2, 0.25) is 11.8 Å². The Hall–Kier alpha value is -5.54. The summed E-state index contributed by atoms with van der Waals surface area (Å²) in [6, 6.07) is 46.0. The molecular weight excluding hydrogens is 737 g/mol. The van der Waals surface area contributed by atoms with Gasteiger partial charge in [-0.3, -0.25) is 14.5 Å². The van der Waals surface area contributed by atoms with Gasteiger partial charge in [-0.1, -0.05) is 123 Å². The minimum absolute atomic E-state index is 0.155. The summed E-state index contributed by atoms with van der Waals surface area (Å²) in [6.45, 7) is 9.66. The van der Waals surface area contributed by atoms with E-state index in [0.29, 0.717) is 25.3 Å². The second-order valence-electron chi connectivity index (χ2n) is 16.9. The molecule has 8 heteroatoms. The second-order valence-corrected chi connectivity index (χ2v) is 21.3. The van der Waals surface area contributed by atoms with Crippen molar-refractivity contribution in [2.75, 3.05) is 23.4 Å². The maximum atomic E-state index is 14.6. The van der Waals surface area contributed by atoms with Crippen molar-refractivity contribution in [1.82, 2.24) is 0 Å². The average molecular weight is 789 g/mol. The predicted octanol–water partition coefficient (Wildman–Crippen LogP) is 9.42. The molecule has 0 spiro atoms. The molecule has 4 atom stereocenters. The molecule has 2 amide bonds. The summed E-state index contributed by atoms with van der Waals surface area (Å²) >= 11 is 0. The number of para-hydroxylation sites is 1. The van der Waals surface area contributed by atoms with Gasteiger partial charge in [-0.2, -0.15) is 0 Å². The van der Waals surface area contributed by atoms with Crippen LogP contribution in [0.1, 0.15) is 52.5 Å². The standard InChI is InChI=1S/C50H52N2O5Si/c1-34(29-35-15-14-18-40(53)30-35)23-28-45-46-36(32-57-58(50(2,3)4,41-19-10-6-11-20-41)42-21-12-7-13-22-42)31-43-47(44(46)33-56-45)49(55)52(48(43)54)39-26-24-38(25-27-39)51-37-16-8-5-9-17-37/h5-22,24-27,29-30,43-45,47,51,53H,23,28,31-33H2,1-4H3/b34-29+/t43-,44+,45-,47-/m1/s1. The molecule has 2 fully saturated rings. The lowest BCUT2D eigenvalue weighted by Gasteiger charge is -2.44. The van der Waals surface area contributed by atoms with E-state index in [-0.39, 0.29) is 34.6 Å². The third-order valence-corrected chi connectivity index (χ3v) is 17.1. The van der Waals surface area contributed by atoms with E-state index in [9.17, 15) is 14.7 Å². The van der Waals surface area contributed by atoms with E-state index >= 15 is 0 Å². The quantitative estimate of drug-likeness (QED) is 0.0745. The maximum absolute atomic E-state index is 14.6. The molecule has 0 unspecified atom stereocenters. The number of allylic oxidation sites excluding steroid dienone is 1. The van der Waals surface area contributed by atoms with Gasteiger partial charge in [0.05, 0.1) is 36.8 Å². The van der Waals surface area contributed by atoms with Gasteiger partial charge in [0, 0.05) is 17.3 Å². The number of carbonyl (C=O) groups is 2. The van der Waals surface area contributed by atoms with Gasteiger partial charge >= 0.3 is 0 Å². The summed E-state index contributed by atoms with van der Waals surface area (Å²) < 4.78 is 14.2. The maximum Gasteiger partial charge on any atom is 0.261 e. The first-order chi connectivity index (χ1) is 28.0. The Labute approximate surface area is 343 Å². The molecule has 0 aromatic heterocycles. The summed E-state index contributed by atoms with van der Waals surface area (Å²) in [5, 5.41) is 15.6. The number of phenolic OH excluding ortho intramolecular Hbond substituents is 1. The van der Waals surface area contributed by atoms with Crippen LogP contribution in [-0.2, 0) is 18.8 Å². The number of phenols is 1. The van der Waals surface area contributed by atoms with Gasteiger partial charge < -0.3 is 19.6 Å². The molecule has 7 nitrogen and oxygen atoms in total. The molecule has 0 bridgehead atoms. The molecule has 5 aromatic rings. The predicted molar refractivity (Wildman–Crippen MR) is 235 cm³/mol. The number of nitrogens with one attached hydrogen (secondary N) is 1. The highest BCUT2D eigenvalue weighted by molar-refractivity contribution is 6.99. The van der Waals surface area contributed by atoms with E-state index in [1.807, 2.05) is 78.9 Å². The van der Waals surface area contributed by atoms with Crippen LogP contribution < -0.4 is 20.6 Å². The first kappa shape index (κ1) is 39.3. The number of amides is 2. The lowest BCUT2D eigenvalue weighted by molar-refractivity contribution is -0.122. The van der Waals surface area contributed by atoms with Crippen molar-refractivity contribution >= 4 is 53.6 Å². The normalized spacial score (nSPS) is 21.0. The summed E-state index contributed by atoms with van der Waals surface area (Å²) in [6.07, 6.45) is 3.84. The summed E-state index contributed by atoms with van der Waals surface area (Å²) in [5.41, 5.74) is 6.75. The highest BCUT2D eigenvalue weighted by Crippen LogP contribution is 2.51. The number of ether oxygens (including phenoxy) is 1. The fourth-order valence-corrected chi connectivity index (χ4v) is 14.1. The molecule has 2 saturated heterocycles. The van der Waals surface area contributed by atoms with Gasteiger partial charge in [-0.15, -0.1) is 0 Å². The Balaban J connectivity index is 1.13. The van der Waals surface area contributed by atoms with Gasteiger partial charge in [0.25, 0.3) is 8.32 Å². The highest BCUT2D eigenvalue weighted by atomic mass is 28.4. The Morgan fingerprint density at radius 1 is 0.810 bits per heavy atom. The molecule has 5 aromatic carbocycles. The Bertz CT molecular complexity index is 2280. The van der Waals surface area contributed by atoms with Crippen molar-refractivity contribution in [2.24, 2.45) is 17.8 Å². The number of aromatic hydroxyl groups is 1. The average Bonchev–Trinajstić information content (AvgIpc) is 3.76. The third kappa shape index (κ3) is 7.60. The van der Waals surface area contributed by atoms with Crippen LogP contribution >= 0.6 is 0 Å². The molecule has 3 aliphatic rings. The number of hydrogen-bond donors (Lipinski definition) is 2. The Morgan fingerprint density at radius 3 is 2.05 bits per heavy atom. The van der Waals surface area contributed by atoms with E-state index < -0.39 is 20.2 Å². The van der Waals surface area contributed by atoms with Gasteiger partial charge in [0.1, 0.15) is 5.75 Å². The minimum atomic E-state index is -2.92. The smallest absolute Gasteiger partial charge is 0.261 e. The van der Waals surface area contributed by atoms with Crippen LogP contribution in [0.4, 0.5) is 17.1 Å². The van der Waals surface area contributed by atoms with E-state index in [1.54, 1.807) is 12.1 Å². The van der Waals surface area contributed by atoms with Crippen LogP contribution in [-0.4, -0.2) is 44.6 Å². The third-order valence-electron chi connectivity index (χ3n) is 12.2. The molecule has 2 heterocycles. The van der Waals surface area contributed by atoms with Crippen LogP contribution in [0.3, 0.4) is 0 Å². The van der Waals surface area contributed by atoms with Crippen molar-refractivity contribution in [3.05, 3.63) is 162 Å². The van der Waals surface area contributed by atoms with Crippen LogP contribution in [0.5, 0.6) is 5.75 Å². The molecule has 1 aliphatic carbocycles. The summed E-state index contributed by atoms with van der Waals surface area (Å²) in [7, 11) is -2.92. The van der Waals surface area contributed by atoms with Crippen LogP contribution in [0, 0.1) is 17.8 Å².